The third-order valence-corrected chi connectivity index (χ3v) is 3.38. The molecule has 1 saturated heterocycles. The minimum atomic E-state index is 0.0896. The maximum absolute atomic E-state index is 12.2. The van der Waals surface area contributed by atoms with Gasteiger partial charge in [-0.1, -0.05) is 13.8 Å². The van der Waals surface area contributed by atoms with Crippen molar-refractivity contribution in [1.29, 1.82) is 0 Å². The van der Waals surface area contributed by atoms with Crippen LogP contribution < -0.4 is 0 Å². The number of hydrogen-bond acceptors (Lipinski definition) is 2. The molecule has 0 bridgehead atoms. The van der Waals surface area contributed by atoms with E-state index in [9.17, 15) is 4.79 Å². The molecule has 0 atom stereocenters. The molecule has 1 aliphatic heterocycles. The lowest BCUT2D eigenvalue weighted by molar-refractivity contribution is 0.0690. The summed E-state index contributed by atoms with van der Waals surface area (Å²) in [7, 11) is 0. The highest BCUT2D eigenvalue weighted by Crippen LogP contribution is 2.17. The van der Waals surface area contributed by atoms with Gasteiger partial charge >= 0.3 is 0 Å². The number of piperidine rings is 1. The molecule has 0 radical (unpaired) electrons. The molecule has 0 unspecified atom stereocenters. The van der Waals surface area contributed by atoms with E-state index in [2.05, 4.69) is 18.9 Å². The summed E-state index contributed by atoms with van der Waals surface area (Å²) in [4.78, 5) is 14.1. The van der Waals surface area contributed by atoms with E-state index in [1.165, 1.54) is 0 Å². The summed E-state index contributed by atoms with van der Waals surface area (Å²) in [6.07, 6.45) is 5.16. The Morgan fingerprint density at radius 3 is 2.82 bits per heavy atom. The fraction of sp³-hybridized carbons (Fsp3) is 0.692. The van der Waals surface area contributed by atoms with E-state index in [0.717, 1.165) is 44.8 Å². The van der Waals surface area contributed by atoms with Gasteiger partial charge in [0, 0.05) is 25.8 Å². The number of nitrogens with zero attached hydrogens (tertiary/aromatic N) is 3. The van der Waals surface area contributed by atoms with Crippen LogP contribution in [0.3, 0.4) is 0 Å². The number of carbonyl (C=O) groups excluding carboxylic acids is 1. The molecular formula is C13H21N3O. The quantitative estimate of drug-likeness (QED) is 0.805. The van der Waals surface area contributed by atoms with Crippen molar-refractivity contribution in [2.75, 3.05) is 13.1 Å². The molecule has 94 valence electrons. The number of amides is 1. The number of aromatic nitrogens is 2. The number of aryl methyl sites for hydroxylation is 1. The number of likely N-dealkylation sites (tertiary alicyclic amines) is 1. The van der Waals surface area contributed by atoms with Crippen LogP contribution in [0.2, 0.25) is 0 Å². The van der Waals surface area contributed by atoms with Crippen molar-refractivity contribution in [3.8, 4) is 0 Å². The minimum Gasteiger partial charge on any atom is -0.337 e. The summed E-state index contributed by atoms with van der Waals surface area (Å²) in [5.41, 5.74) is 0.591. The zero-order valence-corrected chi connectivity index (χ0v) is 10.7. The Balaban J connectivity index is 1.98. The Bertz CT molecular complexity index is 378. The number of carbonyl (C=O) groups is 1. The smallest absolute Gasteiger partial charge is 0.274 e. The molecule has 0 spiro atoms. The SMILES string of the molecule is CCCn1ccc(C(=O)N2CCC(C)CC2)n1. The van der Waals surface area contributed by atoms with E-state index < -0.39 is 0 Å². The van der Waals surface area contributed by atoms with Gasteiger partial charge in [-0.05, 0) is 31.2 Å². The van der Waals surface area contributed by atoms with Crippen molar-refractivity contribution in [2.45, 2.75) is 39.7 Å². The van der Waals surface area contributed by atoms with Gasteiger partial charge in [0.2, 0.25) is 0 Å². The van der Waals surface area contributed by atoms with Gasteiger partial charge in [0.1, 0.15) is 5.69 Å². The van der Waals surface area contributed by atoms with E-state index in [0.29, 0.717) is 5.69 Å². The molecule has 1 aliphatic rings. The first kappa shape index (κ1) is 12.1. The third kappa shape index (κ3) is 2.87. The molecule has 1 fully saturated rings. The molecule has 0 N–H and O–H groups in total. The standard InChI is InChI=1S/C13H21N3O/c1-3-7-16-10-6-12(14-16)13(17)15-8-4-11(2)5-9-15/h6,10-11H,3-5,7-9H2,1-2H3. The molecule has 4 heteroatoms. The lowest BCUT2D eigenvalue weighted by atomic mass is 9.99. The molecule has 1 aromatic heterocycles. The first-order valence-corrected chi connectivity index (χ1v) is 6.53. The number of rotatable bonds is 3. The van der Waals surface area contributed by atoms with Crippen molar-refractivity contribution in [1.82, 2.24) is 14.7 Å². The predicted molar refractivity (Wildman–Crippen MR) is 66.8 cm³/mol. The Hall–Kier alpha value is -1.32. The topological polar surface area (TPSA) is 38.1 Å². The van der Waals surface area contributed by atoms with Gasteiger partial charge in [0.15, 0.2) is 0 Å². The van der Waals surface area contributed by atoms with Gasteiger partial charge in [-0.15, -0.1) is 0 Å². The first-order chi connectivity index (χ1) is 8.20. The lowest BCUT2D eigenvalue weighted by Gasteiger charge is -2.29. The summed E-state index contributed by atoms with van der Waals surface area (Å²) >= 11 is 0. The zero-order chi connectivity index (χ0) is 12.3. The van der Waals surface area contributed by atoms with Crippen LogP contribution in [-0.4, -0.2) is 33.7 Å². The Morgan fingerprint density at radius 2 is 2.18 bits per heavy atom. The number of hydrogen-bond donors (Lipinski definition) is 0. The van der Waals surface area contributed by atoms with Crippen LogP contribution in [0.5, 0.6) is 0 Å². The molecule has 0 aromatic carbocycles. The van der Waals surface area contributed by atoms with Crippen molar-refractivity contribution in [2.24, 2.45) is 5.92 Å². The second-order valence-corrected chi connectivity index (χ2v) is 4.94. The lowest BCUT2D eigenvalue weighted by Crippen LogP contribution is -2.38. The van der Waals surface area contributed by atoms with Gasteiger partial charge in [0.25, 0.3) is 5.91 Å². The molecule has 0 aliphatic carbocycles. The molecule has 2 heterocycles. The van der Waals surface area contributed by atoms with E-state index >= 15 is 0 Å². The van der Waals surface area contributed by atoms with Crippen LogP contribution in [0.4, 0.5) is 0 Å². The second kappa shape index (κ2) is 5.34. The molecule has 2 rings (SSSR count). The van der Waals surface area contributed by atoms with Crippen LogP contribution in [0.15, 0.2) is 12.3 Å². The molecule has 17 heavy (non-hydrogen) atoms. The van der Waals surface area contributed by atoms with Gasteiger partial charge < -0.3 is 4.90 Å². The van der Waals surface area contributed by atoms with Crippen LogP contribution in [-0.2, 0) is 6.54 Å². The monoisotopic (exact) mass is 235 g/mol. The average molecular weight is 235 g/mol. The van der Waals surface area contributed by atoms with E-state index in [1.54, 1.807) is 0 Å². The van der Waals surface area contributed by atoms with Crippen LogP contribution in [0, 0.1) is 5.92 Å². The second-order valence-electron chi connectivity index (χ2n) is 4.94. The third-order valence-electron chi connectivity index (χ3n) is 3.38. The van der Waals surface area contributed by atoms with Crippen LogP contribution in [0.1, 0.15) is 43.6 Å². The van der Waals surface area contributed by atoms with Crippen molar-refractivity contribution >= 4 is 5.91 Å². The normalized spacial score (nSPS) is 17.4. The van der Waals surface area contributed by atoms with Gasteiger partial charge in [-0.3, -0.25) is 9.48 Å². The minimum absolute atomic E-state index is 0.0896. The van der Waals surface area contributed by atoms with Crippen molar-refractivity contribution < 1.29 is 4.79 Å². The van der Waals surface area contributed by atoms with E-state index in [4.69, 9.17) is 0 Å². The van der Waals surface area contributed by atoms with Gasteiger partial charge in [0.05, 0.1) is 0 Å². The maximum Gasteiger partial charge on any atom is 0.274 e. The summed E-state index contributed by atoms with van der Waals surface area (Å²) in [5.74, 6) is 0.837. The predicted octanol–water partition coefficient (Wildman–Crippen LogP) is 2.17. The maximum atomic E-state index is 12.2. The molecule has 1 amide bonds. The Labute approximate surface area is 103 Å². The molecular weight excluding hydrogens is 214 g/mol. The average Bonchev–Trinajstić information content (AvgIpc) is 2.78. The fourth-order valence-corrected chi connectivity index (χ4v) is 2.20. The zero-order valence-electron chi connectivity index (χ0n) is 10.7. The van der Waals surface area contributed by atoms with Gasteiger partial charge in [-0.2, -0.15) is 5.10 Å². The highest BCUT2D eigenvalue weighted by atomic mass is 16.2. The summed E-state index contributed by atoms with van der Waals surface area (Å²) in [5, 5.41) is 4.32. The van der Waals surface area contributed by atoms with E-state index in [-0.39, 0.29) is 5.91 Å². The Kier molecular flexibility index (Phi) is 3.82. The first-order valence-electron chi connectivity index (χ1n) is 6.53. The van der Waals surface area contributed by atoms with Crippen LogP contribution in [0.25, 0.3) is 0 Å². The molecule has 4 nitrogen and oxygen atoms in total. The Morgan fingerprint density at radius 1 is 1.47 bits per heavy atom. The summed E-state index contributed by atoms with van der Waals surface area (Å²) in [6, 6.07) is 1.83. The van der Waals surface area contributed by atoms with Crippen molar-refractivity contribution in [3.05, 3.63) is 18.0 Å². The molecule has 1 aromatic rings. The molecule has 0 saturated carbocycles. The van der Waals surface area contributed by atoms with Crippen LogP contribution >= 0.6 is 0 Å². The van der Waals surface area contributed by atoms with Gasteiger partial charge in [-0.25, -0.2) is 0 Å². The summed E-state index contributed by atoms with van der Waals surface area (Å²) in [6.45, 7) is 6.98. The fourth-order valence-electron chi connectivity index (χ4n) is 2.20. The highest BCUT2D eigenvalue weighted by molar-refractivity contribution is 5.92. The van der Waals surface area contributed by atoms with E-state index in [1.807, 2.05) is 21.8 Å². The van der Waals surface area contributed by atoms with Crippen molar-refractivity contribution in [3.63, 3.8) is 0 Å². The largest absolute Gasteiger partial charge is 0.337 e. The highest BCUT2D eigenvalue weighted by Gasteiger charge is 2.22. The summed E-state index contributed by atoms with van der Waals surface area (Å²) < 4.78 is 1.85.